The lowest BCUT2D eigenvalue weighted by molar-refractivity contribution is -0.00427. The number of thiophene rings is 1. The topological polar surface area (TPSA) is 36.9 Å². The summed E-state index contributed by atoms with van der Waals surface area (Å²) in [6.45, 7) is 7.41. The molecule has 0 unspecified atom stereocenters. The summed E-state index contributed by atoms with van der Waals surface area (Å²) in [7, 11) is 0. The minimum atomic E-state index is 0.608. The molecule has 116 valence electrons. The van der Waals surface area contributed by atoms with Crippen molar-refractivity contribution in [3.05, 3.63) is 22.4 Å². The molecule has 0 bridgehead atoms. The zero-order chi connectivity index (χ0) is 14.3. The molecule has 0 aliphatic heterocycles. The summed E-state index contributed by atoms with van der Waals surface area (Å²) in [4.78, 5) is 0. The molecule has 1 rings (SSSR count). The Balaban J connectivity index is 1.70. The number of hydrogen-bond acceptors (Lipinski definition) is 5. The van der Waals surface area contributed by atoms with Gasteiger partial charge in [0, 0.05) is 6.61 Å². The molecular weight excluding hydrogens is 276 g/mol. The largest absolute Gasteiger partial charge is 0.379 e. The fourth-order valence-corrected chi connectivity index (χ4v) is 2.12. The Morgan fingerprint density at radius 3 is 2.00 bits per heavy atom. The van der Waals surface area contributed by atoms with Crippen LogP contribution in [0.15, 0.2) is 16.8 Å². The van der Waals surface area contributed by atoms with E-state index in [1.54, 1.807) is 11.3 Å². The van der Waals surface area contributed by atoms with Gasteiger partial charge in [0.15, 0.2) is 0 Å². The summed E-state index contributed by atoms with van der Waals surface area (Å²) >= 11 is 1.69. The van der Waals surface area contributed by atoms with Gasteiger partial charge in [-0.1, -0.05) is 13.3 Å². The summed E-state index contributed by atoms with van der Waals surface area (Å²) < 4.78 is 21.7. The molecule has 4 nitrogen and oxygen atoms in total. The molecule has 0 radical (unpaired) electrons. The third-order valence-corrected chi connectivity index (χ3v) is 3.34. The van der Waals surface area contributed by atoms with E-state index in [4.69, 9.17) is 18.9 Å². The maximum Gasteiger partial charge on any atom is 0.0726 e. The first-order chi connectivity index (χ1) is 9.93. The van der Waals surface area contributed by atoms with Crippen LogP contribution in [0.2, 0.25) is 0 Å². The Morgan fingerprint density at radius 1 is 0.850 bits per heavy atom. The highest BCUT2D eigenvalue weighted by molar-refractivity contribution is 7.07. The first kappa shape index (κ1) is 17.6. The summed E-state index contributed by atoms with van der Waals surface area (Å²) in [5.74, 6) is 0. The van der Waals surface area contributed by atoms with Gasteiger partial charge in [-0.15, -0.1) is 0 Å². The fourth-order valence-electron chi connectivity index (χ4n) is 1.47. The second-order valence-corrected chi connectivity index (χ2v) is 5.15. The normalized spacial score (nSPS) is 11.1. The van der Waals surface area contributed by atoms with Crippen LogP contribution in [0, 0.1) is 0 Å². The quantitative estimate of drug-likeness (QED) is 0.495. The van der Waals surface area contributed by atoms with E-state index in [9.17, 15) is 0 Å². The van der Waals surface area contributed by atoms with Crippen molar-refractivity contribution < 1.29 is 18.9 Å². The average molecular weight is 302 g/mol. The Labute approximate surface area is 126 Å². The molecule has 0 N–H and O–H groups in total. The molecule has 1 heterocycles. The second kappa shape index (κ2) is 13.5. The van der Waals surface area contributed by atoms with Crippen molar-refractivity contribution in [3.8, 4) is 0 Å². The highest BCUT2D eigenvalue weighted by atomic mass is 32.1. The van der Waals surface area contributed by atoms with Crippen LogP contribution in [-0.4, -0.2) is 46.2 Å². The molecule has 0 fully saturated rings. The second-order valence-electron chi connectivity index (χ2n) is 4.37. The van der Waals surface area contributed by atoms with E-state index in [1.807, 2.05) is 0 Å². The van der Waals surface area contributed by atoms with E-state index in [0.717, 1.165) is 13.0 Å². The molecule has 0 aliphatic rings. The molecule has 5 heteroatoms. The highest BCUT2D eigenvalue weighted by Crippen LogP contribution is 2.06. The smallest absolute Gasteiger partial charge is 0.0726 e. The third-order valence-electron chi connectivity index (χ3n) is 2.61. The molecule has 20 heavy (non-hydrogen) atoms. The summed E-state index contributed by atoms with van der Waals surface area (Å²) in [5.41, 5.74) is 1.22. The molecule has 1 aromatic heterocycles. The Morgan fingerprint density at radius 2 is 1.45 bits per heavy atom. The predicted molar refractivity (Wildman–Crippen MR) is 81.3 cm³/mol. The lowest BCUT2D eigenvalue weighted by Gasteiger charge is -2.07. The summed E-state index contributed by atoms with van der Waals surface area (Å²) in [6, 6.07) is 2.07. The van der Waals surface area contributed by atoms with E-state index in [-0.39, 0.29) is 0 Å². The molecule has 0 aliphatic carbocycles. The third kappa shape index (κ3) is 10.3. The van der Waals surface area contributed by atoms with Crippen LogP contribution in [0.3, 0.4) is 0 Å². The van der Waals surface area contributed by atoms with Gasteiger partial charge < -0.3 is 18.9 Å². The molecule has 0 saturated carbocycles. The van der Waals surface area contributed by atoms with Crippen molar-refractivity contribution >= 4 is 11.3 Å². The molecule has 0 amide bonds. The minimum Gasteiger partial charge on any atom is -0.379 e. The van der Waals surface area contributed by atoms with Gasteiger partial charge in [-0.2, -0.15) is 11.3 Å². The molecular formula is C15H26O4S. The maximum absolute atomic E-state index is 5.48. The molecule has 0 atom stereocenters. The number of hydrogen-bond donors (Lipinski definition) is 0. The van der Waals surface area contributed by atoms with Gasteiger partial charge in [-0.05, 0) is 28.8 Å². The first-order valence-electron chi connectivity index (χ1n) is 7.25. The van der Waals surface area contributed by atoms with Gasteiger partial charge in [0.1, 0.15) is 0 Å². The van der Waals surface area contributed by atoms with Crippen LogP contribution in [0.25, 0.3) is 0 Å². The van der Waals surface area contributed by atoms with E-state index < -0.39 is 0 Å². The van der Waals surface area contributed by atoms with Gasteiger partial charge in [0.2, 0.25) is 0 Å². The fraction of sp³-hybridized carbons (Fsp3) is 0.733. The Hall–Kier alpha value is -0.460. The van der Waals surface area contributed by atoms with Crippen molar-refractivity contribution in [3.63, 3.8) is 0 Å². The average Bonchev–Trinajstić information content (AvgIpc) is 2.97. The standard InChI is InChI=1S/C15H26O4S/c1-2-3-5-16-6-7-17-8-9-18-10-11-19-13-15-4-12-20-14-15/h4,12,14H,2-3,5-11,13H2,1H3. The van der Waals surface area contributed by atoms with E-state index >= 15 is 0 Å². The Bertz CT molecular complexity index is 290. The van der Waals surface area contributed by atoms with E-state index in [1.165, 1.54) is 12.0 Å². The van der Waals surface area contributed by atoms with Crippen LogP contribution in [0.4, 0.5) is 0 Å². The van der Waals surface area contributed by atoms with Crippen LogP contribution >= 0.6 is 11.3 Å². The van der Waals surface area contributed by atoms with Crippen LogP contribution in [-0.2, 0) is 25.6 Å². The molecule has 0 saturated heterocycles. The van der Waals surface area contributed by atoms with Gasteiger partial charge in [-0.3, -0.25) is 0 Å². The summed E-state index contributed by atoms with van der Waals surface area (Å²) in [5, 5.41) is 4.15. The van der Waals surface area contributed by atoms with Crippen molar-refractivity contribution in [2.24, 2.45) is 0 Å². The van der Waals surface area contributed by atoms with Crippen molar-refractivity contribution in [1.29, 1.82) is 0 Å². The summed E-state index contributed by atoms with van der Waals surface area (Å²) in [6.07, 6.45) is 2.29. The molecule has 0 aromatic carbocycles. The van der Waals surface area contributed by atoms with Crippen molar-refractivity contribution in [2.75, 3.05) is 46.2 Å². The van der Waals surface area contributed by atoms with Crippen molar-refractivity contribution in [2.45, 2.75) is 26.4 Å². The van der Waals surface area contributed by atoms with Gasteiger partial charge in [0.05, 0.1) is 46.2 Å². The first-order valence-corrected chi connectivity index (χ1v) is 8.19. The van der Waals surface area contributed by atoms with Gasteiger partial charge in [-0.25, -0.2) is 0 Å². The maximum atomic E-state index is 5.48. The highest BCUT2D eigenvalue weighted by Gasteiger charge is 1.94. The van der Waals surface area contributed by atoms with Crippen molar-refractivity contribution in [1.82, 2.24) is 0 Å². The molecule has 0 spiro atoms. The zero-order valence-corrected chi connectivity index (χ0v) is 13.2. The minimum absolute atomic E-state index is 0.608. The predicted octanol–water partition coefficient (Wildman–Crippen LogP) is 3.11. The lowest BCUT2D eigenvalue weighted by atomic mass is 10.4. The number of ether oxygens (including phenoxy) is 4. The monoisotopic (exact) mass is 302 g/mol. The van der Waals surface area contributed by atoms with E-state index in [2.05, 4.69) is 23.8 Å². The molecule has 1 aromatic rings. The van der Waals surface area contributed by atoms with E-state index in [0.29, 0.717) is 46.2 Å². The van der Waals surface area contributed by atoms with Crippen LogP contribution in [0.5, 0.6) is 0 Å². The lowest BCUT2D eigenvalue weighted by Crippen LogP contribution is -2.12. The number of rotatable bonds is 14. The van der Waals surface area contributed by atoms with Gasteiger partial charge >= 0.3 is 0 Å². The Kier molecular flexibility index (Phi) is 11.9. The SMILES string of the molecule is CCCCOCCOCCOCCOCc1ccsc1. The van der Waals surface area contributed by atoms with Crippen LogP contribution in [0.1, 0.15) is 25.3 Å². The number of unbranched alkanes of at least 4 members (excludes halogenated alkanes) is 1. The van der Waals surface area contributed by atoms with Gasteiger partial charge in [0.25, 0.3) is 0 Å². The zero-order valence-electron chi connectivity index (χ0n) is 12.3. The van der Waals surface area contributed by atoms with Crippen LogP contribution < -0.4 is 0 Å².